The molecular formula is C13H16ClFN2O. The van der Waals surface area contributed by atoms with E-state index < -0.39 is 5.82 Å². The van der Waals surface area contributed by atoms with E-state index in [2.05, 4.69) is 0 Å². The topological polar surface area (TPSA) is 46.3 Å². The second-order valence-electron chi connectivity index (χ2n) is 4.76. The van der Waals surface area contributed by atoms with Crippen LogP contribution in [0.2, 0.25) is 5.02 Å². The maximum absolute atomic E-state index is 13.0. The van der Waals surface area contributed by atoms with Gasteiger partial charge in [-0.05, 0) is 38.0 Å². The van der Waals surface area contributed by atoms with Gasteiger partial charge in [0.15, 0.2) is 0 Å². The molecule has 5 heteroatoms. The molecule has 1 fully saturated rings. The summed E-state index contributed by atoms with van der Waals surface area (Å²) < 4.78 is 13.0. The highest BCUT2D eigenvalue weighted by Crippen LogP contribution is 2.23. The molecule has 1 aromatic carbocycles. The second kappa shape index (κ2) is 5.24. The highest BCUT2D eigenvalue weighted by atomic mass is 35.5. The van der Waals surface area contributed by atoms with E-state index in [1.807, 2.05) is 6.92 Å². The van der Waals surface area contributed by atoms with Crippen molar-refractivity contribution in [3.05, 3.63) is 34.6 Å². The Morgan fingerprint density at radius 1 is 1.56 bits per heavy atom. The maximum Gasteiger partial charge on any atom is 0.255 e. The van der Waals surface area contributed by atoms with Crippen LogP contribution in [0.15, 0.2) is 18.2 Å². The molecule has 1 saturated heterocycles. The monoisotopic (exact) mass is 270 g/mol. The lowest BCUT2D eigenvalue weighted by molar-refractivity contribution is 0.0619. The Labute approximate surface area is 111 Å². The third-order valence-electron chi connectivity index (χ3n) is 3.34. The molecule has 0 saturated carbocycles. The van der Waals surface area contributed by atoms with Crippen LogP contribution < -0.4 is 5.73 Å². The average Bonchev–Trinajstić information content (AvgIpc) is 2.28. The number of carbonyl (C=O) groups is 1. The van der Waals surface area contributed by atoms with Gasteiger partial charge in [-0.25, -0.2) is 4.39 Å². The van der Waals surface area contributed by atoms with Crippen LogP contribution in [0.25, 0.3) is 0 Å². The van der Waals surface area contributed by atoms with Gasteiger partial charge in [0.05, 0.1) is 10.6 Å². The fraction of sp³-hybridized carbons (Fsp3) is 0.462. The third kappa shape index (κ3) is 2.65. The zero-order valence-corrected chi connectivity index (χ0v) is 11.0. The molecule has 0 aromatic heterocycles. The Hall–Kier alpha value is -1.13. The van der Waals surface area contributed by atoms with E-state index in [-0.39, 0.29) is 23.0 Å². The summed E-state index contributed by atoms with van der Waals surface area (Å²) >= 11 is 5.91. The average molecular weight is 271 g/mol. The Balaban J connectivity index is 2.20. The minimum Gasteiger partial charge on any atom is -0.336 e. The fourth-order valence-electron chi connectivity index (χ4n) is 2.33. The number of nitrogens with zero attached hydrogens (tertiary/aromatic N) is 1. The number of rotatable bonds is 1. The molecule has 3 nitrogen and oxygen atoms in total. The van der Waals surface area contributed by atoms with Gasteiger partial charge < -0.3 is 10.6 Å². The van der Waals surface area contributed by atoms with Crippen LogP contribution in [0.4, 0.5) is 4.39 Å². The molecule has 1 aliphatic heterocycles. The smallest absolute Gasteiger partial charge is 0.255 e. The summed E-state index contributed by atoms with van der Waals surface area (Å²) in [6.45, 7) is 2.59. The van der Waals surface area contributed by atoms with Crippen molar-refractivity contribution in [1.29, 1.82) is 0 Å². The third-order valence-corrected chi connectivity index (χ3v) is 3.65. The van der Waals surface area contributed by atoms with Gasteiger partial charge in [0.1, 0.15) is 5.82 Å². The van der Waals surface area contributed by atoms with E-state index in [4.69, 9.17) is 17.3 Å². The number of hydrogen-bond donors (Lipinski definition) is 1. The highest BCUT2D eigenvalue weighted by molar-refractivity contribution is 6.33. The van der Waals surface area contributed by atoms with Crippen molar-refractivity contribution < 1.29 is 9.18 Å². The van der Waals surface area contributed by atoms with E-state index in [1.165, 1.54) is 12.1 Å². The molecule has 98 valence electrons. The summed E-state index contributed by atoms with van der Waals surface area (Å²) in [6.07, 6.45) is 1.57. The van der Waals surface area contributed by atoms with Crippen LogP contribution in [0.1, 0.15) is 30.1 Å². The van der Waals surface area contributed by atoms with Crippen molar-refractivity contribution in [2.75, 3.05) is 6.54 Å². The number of nitrogens with two attached hydrogens (primary N) is 1. The van der Waals surface area contributed by atoms with Gasteiger partial charge in [-0.1, -0.05) is 11.6 Å². The molecule has 2 atom stereocenters. The summed E-state index contributed by atoms with van der Waals surface area (Å²) in [6, 6.07) is 4.07. The number of likely N-dealkylation sites (tertiary alicyclic amines) is 1. The van der Waals surface area contributed by atoms with E-state index in [0.717, 1.165) is 18.9 Å². The van der Waals surface area contributed by atoms with E-state index in [1.54, 1.807) is 4.90 Å². The van der Waals surface area contributed by atoms with Crippen molar-refractivity contribution in [1.82, 2.24) is 4.90 Å². The number of carbonyl (C=O) groups excluding carboxylic acids is 1. The molecular weight excluding hydrogens is 255 g/mol. The number of halogens is 2. The number of amides is 1. The Kier molecular flexibility index (Phi) is 3.88. The molecule has 2 N–H and O–H groups in total. The first kappa shape index (κ1) is 13.3. The van der Waals surface area contributed by atoms with Gasteiger partial charge in [-0.2, -0.15) is 0 Å². The Morgan fingerprint density at radius 2 is 2.28 bits per heavy atom. The first-order chi connectivity index (χ1) is 8.49. The Morgan fingerprint density at radius 3 is 2.89 bits per heavy atom. The van der Waals surface area contributed by atoms with Crippen molar-refractivity contribution in [2.45, 2.75) is 31.8 Å². The first-order valence-corrected chi connectivity index (χ1v) is 6.38. The fourth-order valence-corrected chi connectivity index (χ4v) is 2.58. The standard InChI is InChI=1S/C13H16ClFN2O/c1-8-6-10(16)4-5-17(8)13(18)11-3-2-9(15)7-12(11)14/h2-3,7-8,10H,4-6,16H2,1H3. The quantitative estimate of drug-likeness (QED) is 0.852. The highest BCUT2D eigenvalue weighted by Gasteiger charge is 2.28. The summed E-state index contributed by atoms with van der Waals surface area (Å²) in [5.74, 6) is -0.593. The van der Waals surface area contributed by atoms with Crippen molar-refractivity contribution in [3.8, 4) is 0 Å². The van der Waals surface area contributed by atoms with Crippen LogP contribution >= 0.6 is 11.6 Å². The lowest BCUT2D eigenvalue weighted by Crippen LogP contribution is -2.48. The van der Waals surface area contributed by atoms with Crippen molar-refractivity contribution in [2.24, 2.45) is 5.73 Å². The summed E-state index contributed by atoms with van der Waals surface area (Å²) in [5, 5.41) is 0.155. The predicted molar refractivity (Wildman–Crippen MR) is 69.1 cm³/mol. The van der Waals surface area contributed by atoms with E-state index >= 15 is 0 Å². The normalized spacial score (nSPS) is 24.1. The van der Waals surface area contributed by atoms with Crippen LogP contribution in [0.5, 0.6) is 0 Å². The largest absolute Gasteiger partial charge is 0.336 e. The van der Waals surface area contributed by atoms with Crippen LogP contribution in [0.3, 0.4) is 0 Å². The SMILES string of the molecule is CC1CC(N)CCN1C(=O)c1ccc(F)cc1Cl. The molecule has 2 unspecified atom stereocenters. The molecule has 0 aliphatic carbocycles. The molecule has 2 rings (SSSR count). The zero-order valence-electron chi connectivity index (χ0n) is 10.2. The Bertz CT molecular complexity index is 466. The number of benzene rings is 1. The van der Waals surface area contributed by atoms with Crippen molar-refractivity contribution >= 4 is 17.5 Å². The molecule has 1 aromatic rings. The summed E-state index contributed by atoms with van der Waals surface area (Å²) in [4.78, 5) is 14.1. The summed E-state index contributed by atoms with van der Waals surface area (Å²) in [7, 11) is 0. The van der Waals surface area contributed by atoms with Gasteiger partial charge in [0.2, 0.25) is 0 Å². The lowest BCUT2D eigenvalue weighted by Gasteiger charge is -2.36. The molecule has 0 spiro atoms. The maximum atomic E-state index is 13.0. The minimum absolute atomic E-state index is 0.0855. The zero-order chi connectivity index (χ0) is 13.3. The predicted octanol–water partition coefficient (Wildman–Crippen LogP) is 2.43. The van der Waals surface area contributed by atoms with Crippen molar-refractivity contribution in [3.63, 3.8) is 0 Å². The van der Waals surface area contributed by atoms with Gasteiger partial charge in [-0.3, -0.25) is 4.79 Å². The number of piperidine rings is 1. The van der Waals surface area contributed by atoms with Gasteiger partial charge >= 0.3 is 0 Å². The van der Waals surface area contributed by atoms with Gasteiger partial charge in [0, 0.05) is 18.6 Å². The van der Waals surface area contributed by atoms with Crippen LogP contribution in [-0.2, 0) is 0 Å². The molecule has 1 heterocycles. The summed E-state index contributed by atoms with van der Waals surface area (Å²) in [5.41, 5.74) is 6.21. The van der Waals surface area contributed by atoms with E-state index in [0.29, 0.717) is 12.1 Å². The van der Waals surface area contributed by atoms with Gasteiger partial charge in [-0.15, -0.1) is 0 Å². The molecule has 1 aliphatic rings. The number of hydrogen-bond acceptors (Lipinski definition) is 2. The lowest BCUT2D eigenvalue weighted by atomic mass is 9.98. The second-order valence-corrected chi connectivity index (χ2v) is 5.16. The molecule has 1 amide bonds. The molecule has 0 radical (unpaired) electrons. The van der Waals surface area contributed by atoms with Crippen LogP contribution in [0, 0.1) is 5.82 Å². The molecule has 0 bridgehead atoms. The first-order valence-electron chi connectivity index (χ1n) is 6.00. The van der Waals surface area contributed by atoms with Gasteiger partial charge in [0.25, 0.3) is 5.91 Å². The molecule has 18 heavy (non-hydrogen) atoms. The minimum atomic E-state index is -0.440. The van der Waals surface area contributed by atoms with Crippen LogP contribution in [-0.4, -0.2) is 29.4 Å². The van der Waals surface area contributed by atoms with E-state index in [9.17, 15) is 9.18 Å².